The number of rotatable bonds is 5. The molecule has 0 aromatic rings. The minimum Gasteiger partial charge on any atom is -0.456 e. The molecule has 0 aliphatic carbocycles. The Bertz CT molecular complexity index is 466. The van der Waals surface area contributed by atoms with Crippen molar-refractivity contribution in [3.8, 4) is 12.3 Å². The van der Waals surface area contributed by atoms with Gasteiger partial charge in [-0.3, -0.25) is 14.4 Å². The maximum absolute atomic E-state index is 11.3. The molecule has 0 radical (unpaired) electrons. The van der Waals surface area contributed by atoms with Crippen LogP contribution >= 0.6 is 0 Å². The molecule has 1 aliphatic rings. The van der Waals surface area contributed by atoms with Crippen molar-refractivity contribution in [1.82, 2.24) is 0 Å². The van der Waals surface area contributed by atoms with Crippen molar-refractivity contribution in [2.45, 2.75) is 45.4 Å². The van der Waals surface area contributed by atoms with Crippen LogP contribution < -0.4 is 0 Å². The van der Waals surface area contributed by atoms with E-state index in [4.69, 9.17) is 30.1 Å². The molecule has 0 unspecified atom stereocenters. The van der Waals surface area contributed by atoms with Gasteiger partial charge in [-0.05, 0) is 0 Å². The van der Waals surface area contributed by atoms with E-state index in [1.807, 2.05) is 0 Å². The predicted molar refractivity (Wildman–Crippen MR) is 71.2 cm³/mol. The largest absolute Gasteiger partial charge is 0.456 e. The lowest BCUT2D eigenvalue weighted by Crippen LogP contribution is -2.58. The molecule has 0 saturated carbocycles. The summed E-state index contributed by atoms with van der Waals surface area (Å²) in [5.74, 6) is 0.401. The summed E-state index contributed by atoms with van der Waals surface area (Å²) in [7, 11) is 0. The van der Waals surface area contributed by atoms with Crippen LogP contribution in [-0.2, 0) is 38.1 Å². The van der Waals surface area contributed by atoms with Crippen LogP contribution in [0.3, 0.4) is 0 Å². The second-order valence-electron chi connectivity index (χ2n) is 4.51. The fourth-order valence-electron chi connectivity index (χ4n) is 1.98. The van der Waals surface area contributed by atoms with Crippen molar-refractivity contribution in [2.24, 2.45) is 0 Å². The van der Waals surface area contributed by atoms with Crippen molar-refractivity contribution >= 4 is 17.9 Å². The molecule has 1 rings (SSSR count). The first-order chi connectivity index (χ1) is 10.3. The van der Waals surface area contributed by atoms with Crippen molar-refractivity contribution in [3.05, 3.63) is 0 Å². The first kappa shape index (κ1) is 17.9. The van der Waals surface area contributed by atoms with Gasteiger partial charge in [-0.1, -0.05) is 5.92 Å². The summed E-state index contributed by atoms with van der Waals surface area (Å²) in [6, 6.07) is 0. The highest BCUT2D eigenvalue weighted by molar-refractivity contribution is 5.68. The van der Waals surface area contributed by atoms with Crippen molar-refractivity contribution in [1.29, 1.82) is 0 Å². The third-order valence-electron chi connectivity index (χ3n) is 2.64. The van der Waals surface area contributed by atoms with Crippen LogP contribution in [-0.4, -0.2) is 55.7 Å². The van der Waals surface area contributed by atoms with Gasteiger partial charge in [0.1, 0.15) is 6.61 Å². The SMILES string of the molecule is C#CCO[C@@H]1OC[C@H](OC(C)=O)[C@H](OC(C)=O)[C@H]1OC(C)=O. The van der Waals surface area contributed by atoms with Crippen LogP contribution in [0, 0.1) is 12.3 Å². The fourth-order valence-corrected chi connectivity index (χ4v) is 1.98. The summed E-state index contributed by atoms with van der Waals surface area (Å²) < 4.78 is 25.9. The molecule has 1 saturated heterocycles. The average molecular weight is 314 g/mol. The molecule has 8 heteroatoms. The quantitative estimate of drug-likeness (QED) is 0.390. The molecule has 1 aliphatic heterocycles. The summed E-state index contributed by atoms with van der Waals surface area (Å²) in [5, 5.41) is 0. The summed E-state index contributed by atoms with van der Waals surface area (Å²) in [5.41, 5.74) is 0. The number of ether oxygens (including phenoxy) is 5. The lowest BCUT2D eigenvalue weighted by atomic mass is 10.0. The van der Waals surface area contributed by atoms with E-state index in [-0.39, 0.29) is 13.2 Å². The number of carbonyl (C=O) groups is 3. The van der Waals surface area contributed by atoms with Gasteiger partial charge in [0.25, 0.3) is 0 Å². The highest BCUT2D eigenvalue weighted by atomic mass is 16.7. The molecular weight excluding hydrogens is 296 g/mol. The van der Waals surface area contributed by atoms with Gasteiger partial charge in [0, 0.05) is 20.8 Å². The summed E-state index contributed by atoms with van der Waals surface area (Å²) in [4.78, 5) is 33.7. The summed E-state index contributed by atoms with van der Waals surface area (Å²) in [6.45, 7) is 3.38. The Hall–Kier alpha value is -2.11. The first-order valence-electron chi connectivity index (χ1n) is 6.53. The van der Waals surface area contributed by atoms with Crippen LogP contribution in [0.25, 0.3) is 0 Å². The van der Waals surface area contributed by atoms with Gasteiger partial charge >= 0.3 is 17.9 Å². The van der Waals surface area contributed by atoms with E-state index in [1.165, 1.54) is 20.8 Å². The lowest BCUT2D eigenvalue weighted by molar-refractivity contribution is -0.277. The number of terminal acetylenes is 1. The number of esters is 3. The molecule has 0 aromatic carbocycles. The molecule has 0 spiro atoms. The van der Waals surface area contributed by atoms with E-state index in [1.54, 1.807) is 0 Å². The third kappa shape index (κ3) is 5.35. The van der Waals surface area contributed by atoms with E-state index in [0.29, 0.717) is 0 Å². The van der Waals surface area contributed by atoms with Crippen LogP contribution in [0.2, 0.25) is 0 Å². The van der Waals surface area contributed by atoms with Gasteiger partial charge in [0.15, 0.2) is 24.6 Å². The first-order valence-corrected chi connectivity index (χ1v) is 6.53. The molecule has 0 N–H and O–H groups in total. The Balaban J connectivity index is 2.98. The minimum atomic E-state index is -1.10. The number of hydrogen-bond acceptors (Lipinski definition) is 8. The molecule has 22 heavy (non-hydrogen) atoms. The Labute approximate surface area is 128 Å². The van der Waals surface area contributed by atoms with Crippen LogP contribution in [0.15, 0.2) is 0 Å². The van der Waals surface area contributed by atoms with E-state index in [9.17, 15) is 14.4 Å². The third-order valence-corrected chi connectivity index (χ3v) is 2.64. The number of hydrogen-bond donors (Lipinski definition) is 0. The topological polar surface area (TPSA) is 97.4 Å². The van der Waals surface area contributed by atoms with Gasteiger partial charge in [0.2, 0.25) is 0 Å². The molecule has 1 fully saturated rings. The smallest absolute Gasteiger partial charge is 0.303 e. The van der Waals surface area contributed by atoms with Gasteiger partial charge in [-0.15, -0.1) is 6.42 Å². The zero-order chi connectivity index (χ0) is 16.7. The van der Waals surface area contributed by atoms with Crippen LogP contribution in [0.1, 0.15) is 20.8 Å². The van der Waals surface area contributed by atoms with Gasteiger partial charge in [-0.25, -0.2) is 0 Å². The predicted octanol–water partition coefficient (Wildman–Crippen LogP) is -0.212. The summed E-state index contributed by atoms with van der Waals surface area (Å²) >= 11 is 0. The normalized spacial score (nSPS) is 27.4. The Kier molecular flexibility index (Phi) is 6.82. The lowest BCUT2D eigenvalue weighted by Gasteiger charge is -2.39. The monoisotopic (exact) mass is 314 g/mol. The Morgan fingerprint density at radius 3 is 2.09 bits per heavy atom. The molecule has 0 amide bonds. The van der Waals surface area contributed by atoms with Gasteiger partial charge in [-0.2, -0.15) is 0 Å². The highest BCUT2D eigenvalue weighted by Gasteiger charge is 2.47. The molecule has 8 nitrogen and oxygen atoms in total. The maximum Gasteiger partial charge on any atom is 0.303 e. The highest BCUT2D eigenvalue weighted by Crippen LogP contribution is 2.25. The van der Waals surface area contributed by atoms with E-state index in [0.717, 1.165) is 0 Å². The molecule has 4 atom stereocenters. The van der Waals surface area contributed by atoms with Crippen molar-refractivity contribution in [2.75, 3.05) is 13.2 Å². The minimum absolute atomic E-state index is 0.0898. The second-order valence-corrected chi connectivity index (χ2v) is 4.51. The van der Waals surface area contributed by atoms with Crippen molar-refractivity contribution < 1.29 is 38.1 Å². The average Bonchev–Trinajstić information content (AvgIpc) is 2.40. The molecule has 0 bridgehead atoms. The molecule has 0 aromatic heterocycles. The molecule has 122 valence electrons. The zero-order valence-corrected chi connectivity index (χ0v) is 12.6. The fraction of sp³-hybridized carbons (Fsp3) is 0.643. The summed E-state index contributed by atoms with van der Waals surface area (Å²) in [6.07, 6.45) is 0.999. The molecular formula is C14H18O8. The zero-order valence-electron chi connectivity index (χ0n) is 12.6. The maximum atomic E-state index is 11.3. The molecule has 1 heterocycles. The Morgan fingerprint density at radius 2 is 1.59 bits per heavy atom. The van der Waals surface area contributed by atoms with E-state index < -0.39 is 42.5 Å². The van der Waals surface area contributed by atoms with Crippen molar-refractivity contribution in [3.63, 3.8) is 0 Å². The van der Waals surface area contributed by atoms with Gasteiger partial charge in [0.05, 0.1) is 6.61 Å². The standard InChI is InChI=1S/C14H18O8/c1-5-6-18-14-13(22-10(4)17)12(21-9(3)16)11(7-19-14)20-8(2)15/h1,11-14H,6-7H2,2-4H3/t11-,12-,13+,14+/m0/s1. The van der Waals surface area contributed by atoms with E-state index in [2.05, 4.69) is 5.92 Å². The van der Waals surface area contributed by atoms with Crippen LogP contribution in [0.5, 0.6) is 0 Å². The Morgan fingerprint density at radius 1 is 1.05 bits per heavy atom. The van der Waals surface area contributed by atoms with E-state index >= 15 is 0 Å². The number of carbonyl (C=O) groups excluding carboxylic acids is 3. The van der Waals surface area contributed by atoms with Gasteiger partial charge < -0.3 is 23.7 Å². The van der Waals surface area contributed by atoms with Crippen LogP contribution in [0.4, 0.5) is 0 Å². The second kappa shape index (κ2) is 8.36.